The number of ether oxygens (including phenoxy) is 4. The van der Waals surface area contributed by atoms with Crippen molar-refractivity contribution in [3.63, 3.8) is 0 Å². The highest BCUT2D eigenvalue weighted by atomic mass is 16.7. The van der Waals surface area contributed by atoms with Crippen molar-refractivity contribution in [1.82, 2.24) is 5.32 Å². The van der Waals surface area contributed by atoms with Gasteiger partial charge in [-0.3, -0.25) is 4.79 Å². The third-order valence-electron chi connectivity index (χ3n) is 18.9. The number of carbonyl (C=O) groups excluding carboxylic acids is 1. The maximum atomic E-state index is 13.4. The molecule has 592 valence electrons. The third kappa shape index (κ3) is 53.2. The molecular formula is C90H149NO13. The summed E-state index contributed by atoms with van der Waals surface area (Å²) in [4.78, 5) is 13.4. The Hall–Kier alpha value is -4.65. The number of unbranched alkanes of at least 4 members (excludes halogenated alkanes) is 28. The molecule has 0 spiro atoms. The molecule has 2 aliphatic heterocycles. The number of rotatable bonds is 67. The predicted octanol–water partition coefficient (Wildman–Crippen LogP) is 19.5. The van der Waals surface area contributed by atoms with Gasteiger partial charge in [0.05, 0.1) is 32.0 Å². The predicted molar refractivity (Wildman–Crippen MR) is 433 cm³/mol. The van der Waals surface area contributed by atoms with Gasteiger partial charge >= 0.3 is 0 Å². The second-order valence-electron chi connectivity index (χ2n) is 28.1. The average molecular weight is 1450 g/mol. The molecule has 12 unspecified atom stereocenters. The molecule has 14 heteroatoms. The Labute approximate surface area is 632 Å². The van der Waals surface area contributed by atoms with E-state index in [1.165, 1.54) is 122 Å². The highest BCUT2D eigenvalue weighted by Crippen LogP contribution is 2.30. The molecule has 0 aromatic carbocycles. The number of allylic oxidation sites excluding steroid dienone is 27. The van der Waals surface area contributed by atoms with Crippen LogP contribution >= 0.6 is 0 Å². The molecule has 0 radical (unpaired) electrons. The lowest BCUT2D eigenvalue weighted by atomic mass is 9.97. The standard InChI is InChI=1S/C90H149NO13/c1-3-5-7-9-11-13-15-17-19-21-23-25-27-29-31-33-34-35-36-37-38-39-40-41-42-43-44-46-48-50-52-54-56-58-60-62-64-66-68-70-72-74-82(95)91-78(77-101-89-87(100)85(98)88(81(76-93)103-89)104-90-86(99)84(97)83(96)80(75-92)102-90)79(94)73-71-69-67-65-63-61-59-57-55-53-51-49-47-45-32-30-28-26-24-22-20-18-16-14-12-10-8-6-4-2/h5,7,11,13,17,19,23,25,29,31,34-35,37-38,40-41,43-44,48,50,54-57,63,65,71,73,78-81,83-90,92-94,96-100H,3-4,6,8-10,12,14-16,18,20-22,24,26-28,30,32-33,36,39,42,45-47,49,51-53,58-62,64,66-70,72,74-77H2,1-2H3,(H,91,95)/b7-5-,13-11-,19-17-,25-23-,31-29-,35-34-,38-37-,41-40-,44-43-,50-48-,56-54-,57-55+,65-63+,73-71+. The van der Waals surface area contributed by atoms with E-state index in [-0.39, 0.29) is 18.9 Å². The Morgan fingerprint density at radius 1 is 0.356 bits per heavy atom. The average Bonchev–Trinajstić information content (AvgIpc) is 0.789. The van der Waals surface area contributed by atoms with E-state index in [1.807, 2.05) is 6.08 Å². The van der Waals surface area contributed by atoms with Gasteiger partial charge in [-0.05, 0) is 128 Å². The first-order valence-corrected chi connectivity index (χ1v) is 41.4. The largest absolute Gasteiger partial charge is 0.394 e. The fraction of sp³-hybridized carbons (Fsp3) is 0.678. The van der Waals surface area contributed by atoms with E-state index in [2.05, 4.69) is 177 Å². The Morgan fingerprint density at radius 2 is 0.673 bits per heavy atom. The SMILES string of the molecule is CC/C=C\C/C=C\C/C=C\C/C=C\C/C=C\C/C=C\C/C=C\C/C=C\C/C=C\C/C=C\C/C=C\CCCCCCCCCC(=O)NC(COC1OC(CO)C(OC2OC(CO)C(O)C(O)C2O)C(O)C1O)C(O)/C=C/CC/C=C/CC/C=C/CCCCCCCCCCCCCCCCCCCCC. The first-order valence-electron chi connectivity index (χ1n) is 41.4. The lowest BCUT2D eigenvalue weighted by Gasteiger charge is -2.46. The van der Waals surface area contributed by atoms with Crippen molar-refractivity contribution < 1.29 is 64.6 Å². The second-order valence-corrected chi connectivity index (χ2v) is 28.1. The van der Waals surface area contributed by atoms with E-state index in [9.17, 15) is 45.6 Å². The van der Waals surface area contributed by atoms with E-state index >= 15 is 0 Å². The van der Waals surface area contributed by atoms with Crippen LogP contribution in [-0.4, -0.2) is 140 Å². The number of nitrogens with one attached hydrogen (secondary N) is 1. The van der Waals surface area contributed by atoms with Crippen molar-refractivity contribution in [2.75, 3.05) is 19.8 Å². The topological polar surface area (TPSA) is 228 Å². The minimum absolute atomic E-state index is 0.246. The molecule has 1 amide bonds. The van der Waals surface area contributed by atoms with Crippen molar-refractivity contribution in [1.29, 1.82) is 0 Å². The number of aliphatic hydroxyl groups excluding tert-OH is 8. The molecular weight excluding hydrogens is 1300 g/mol. The van der Waals surface area contributed by atoms with Gasteiger partial charge < -0.3 is 65.1 Å². The summed E-state index contributed by atoms with van der Waals surface area (Å²) in [5.41, 5.74) is 0. The van der Waals surface area contributed by atoms with Crippen LogP contribution in [-0.2, 0) is 23.7 Å². The van der Waals surface area contributed by atoms with Crippen molar-refractivity contribution in [2.45, 2.75) is 370 Å². The fourth-order valence-electron chi connectivity index (χ4n) is 12.4. The first-order chi connectivity index (χ1) is 51.1. The maximum Gasteiger partial charge on any atom is 0.220 e. The summed E-state index contributed by atoms with van der Waals surface area (Å²) in [7, 11) is 0. The smallest absolute Gasteiger partial charge is 0.220 e. The van der Waals surface area contributed by atoms with Gasteiger partial charge in [-0.1, -0.05) is 332 Å². The van der Waals surface area contributed by atoms with Gasteiger partial charge in [0.15, 0.2) is 12.6 Å². The summed E-state index contributed by atoms with van der Waals surface area (Å²) in [6.07, 6.45) is 94.3. The molecule has 2 aliphatic rings. The highest BCUT2D eigenvalue weighted by molar-refractivity contribution is 5.76. The minimum Gasteiger partial charge on any atom is -0.394 e. The quantitative estimate of drug-likeness (QED) is 0.0204. The summed E-state index contributed by atoms with van der Waals surface area (Å²) in [6.45, 7) is 2.67. The zero-order valence-electron chi connectivity index (χ0n) is 64.9. The molecule has 2 heterocycles. The summed E-state index contributed by atoms with van der Waals surface area (Å²) >= 11 is 0. The third-order valence-corrected chi connectivity index (χ3v) is 18.9. The van der Waals surface area contributed by atoms with Crippen LogP contribution in [0, 0.1) is 0 Å². The normalized spacial score (nSPS) is 22.4. The van der Waals surface area contributed by atoms with E-state index in [1.54, 1.807) is 6.08 Å². The molecule has 9 N–H and O–H groups in total. The molecule has 0 aliphatic carbocycles. The molecule has 0 saturated carbocycles. The second kappa shape index (κ2) is 71.3. The number of hydrogen-bond acceptors (Lipinski definition) is 13. The Kier molecular flexibility index (Phi) is 65.4. The molecule has 12 atom stereocenters. The fourth-order valence-corrected chi connectivity index (χ4v) is 12.4. The Balaban J connectivity index is 1.65. The number of aliphatic hydroxyl groups is 8. The van der Waals surface area contributed by atoms with Gasteiger partial charge in [-0.2, -0.15) is 0 Å². The van der Waals surface area contributed by atoms with Gasteiger partial charge in [0.1, 0.15) is 48.8 Å². The van der Waals surface area contributed by atoms with Crippen LogP contribution in [0.3, 0.4) is 0 Å². The zero-order valence-corrected chi connectivity index (χ0v) is 64.9. The van der Waals surface area contributed by atoms with Crippen molar-refractivity contribution in [3.8, 4) is 0 Å². The lowest BCUT2D eigenvalue weighted by molar-refractivity contribution is -0.359. The molecule has 14 nitrogen and oxygen atoms in total. The van der Waals surface area contributed by atoms with Gasteiger partial charge in [0.2, 0.25) is 5.91 Å². The van der Waals surface area contributed by atoms with Crippen LogP contribution in [0.1, 0.15) is 296 Å². The number of carbonyl (C=O) groups is 1. The number of amides is 1. The zero-order chi connectivity index (χ0) is 75.1. The van der Waals surface area contributed by atoms with Gasteiger partial charge in [-0.25, -0.2) is 0 Å². The van der Waals surface area contributed by atoms with E-state index < -0.39 is 86.8 Å². The van der Waals surface area contributed by atoms with Crippen LogP contribution in [0.4, 0.5) is 0 Å². The highest BCUT2D eigenvalue weighted by Gasteiger charge is 2.51. The molecule has 0 bridgehead atoms. The van der Waals surface area contributed by atoms with Crippen LogP contribution in [0.5, 0.6) is 0 Å². The monoisotopic (exact) mass is 1450 g/mol. The summed E-state index contributed by atoms with van der Waals surface area (Å²) in [5.74, 6) is -0.269. The van der Waals surface area contributed by atoms with Crippen molar-refractivity contribution in [2.24, 2.45) is 0 Å². The van der Waals surface area contributed by atoms with Crippen molar-refractivity contribution in [3.05, 3.63) is 170 Å². The van der Waals surface area contributed by atoms with Gasteiger partial charge in [0.25, 0.3) is 0 Å². The van der Waals surface area contributed by atoms with E-state index in [4.69, 9.17) is 18.9 Å². The summed E-state index contributed by atoms with van der Waals surface area (Å²) < 4.78 is 22.9. The maximum absolute atomic E-state index is 13.4. The Bertz CT molecular complexity index is 2410. The molecule has 2 fully saturated rings. The molecule has 104 heavy (non-hydrogen) atoms. The van der Waals surface area contributed by atoms with Crippen LogP contribution < -0.4 is 5.32 Å². The molecule has 0 aromatic rings. The van der Waals surface area contributed by atoms with Crippen LogP contribution in [0.2, 0.25) is 0 Å². The molecule has 2 rings (SSSR count). The number of hydrogen-bond donors (Lipinski definition) is 9. The van der Waals surface area contributed by atoms with Gasteiger partial charge in [0, 0.05) is 6.42 Å². The van der Waals surface area contributed by atoms with Crippen molar-refractivity contribution >= 4 is 5.91 Å². The molecule has 2 saturated heterocycles. The summed E-state index contributed by atoms with van der Waals surface area (Å²) in [6, 6.07) is -0.959. The minimum atomic E-state index is -1.80. The van der Waals surface area contributed by atoms with Crippen LogP contribution in [0.15, 0.2) is 170 Å². The van der Waals surface area contributed by atoms with Crippen LogP contribution in [0.25, 0.3) is 0 Å². The van der Waals surface area contributed by atoms with E-state index in [0.717, 1.165) is 141 Å². The van der Waals surface area contributed by atoms with E-state index in [0.29, 0.717) is 12.8 Å². The Morgan fingerprint density at radius 3 is 1.06 bits per heavy atom. The lowest BCUT2D eigenvalue weighted by Crippen LogP contribution is -2.65. The van der Waals surface area contributed by atoms with Gasteiger partial charge in [-0.15, -0.1) is 0 Å². The summed E-state index contributed by atoms with van der Waals surface area (Å²) in [5, 5.41) is 87.7. The molecule has 0 aromatic heterocycles. The first kappa shape index (κ1) is 95.4.